The lowest BCUT2D eigenvalue weighted by Crippen LogP contribution is -2.50. The molecule has 3 atom stereocenters. The van der Waals surface area contributed by atoms with Gasteiger partial charge in [-0.1, -0.05) is 44.2 Å². The SMILES string of the molecule is CCCNC1CC2CCC(C1)N2CC(C)c1ccccc1. The Balaban J connectivity index is 1.58. The van der Waals surface area contributed by atoms with E-state index in [0.717, 1.165) is 18.1 Å². The molecular weight excluding hydrogens is 256 g/mol. The summed E-state index contributed by atoms with van der Waals surface area (Å²) < 4.78 is 0. The Morgan fingerprint density at radius 3 is 2.43 bits per heavy atom. The van der Waals surface area contributed by atoms with Crippen LogP contribution in [0.3, 0.4) is 0 Å². The second-order valence-corrected chi connectivity index (χ2v) is 7.02. The Morgan fingerprint density at radius 2 is 1.81 bits per heavy atom. The Bertz CT molecular complexity index is 416. The van der Waals surface area contributed by atoms with Gasteiger partial charge in [0.25, 0.3) is 0 Å². The van der Waals surface area contributed by atoms with Gasteiger partial charge in [-0.3, -0.25) is 4.90 Å². The van der Waals surface area contributed by atoms with Gasteiger partial charge < -0.3 is 5.32 Å². The molecule has 1 aromatic rings. The molecule has 0 radical (unpaired) electrons. The lowest BCUT2D eigenvalue weighted by Gasteiger charge is -2.40. The van der Waals surface area contributed by atoms with E-state index in [1.165, 1.54) is 50.8 Å². The van der Waals surface area contributed by atoms with Gasteiger partial charge in [0.15, 0.2) is 0 Å². The van der Waals surface area contributed by atoms with Crippen molar-refractivity contribution in [2.45, 2.75) is 70.0 Å². The first-order valence-corrected chi connectivity index (χ1v) is 8.82. The largest absolute Gasteiger partial charge is 0.314 e. The summed E-state index contributed by atoms with van der Waals surface area (Å²) in [6.07, 6.45) is 6.80. The lowest BCUT2D eigenvalue weighted by atomic mass is 9.94. The fraction of sp³-hybridized carbons (Fsp3) is 0.684. The highest BCUT2D eigenvalue weighted by atomic mass is 15.2. The minimum Gasteiger partial charge on any atom is -0.314 e. The van der Waals surface area contributed by atoms with Gasteiger partial charge in [-0.05, 0) is 50.1 Å². The highest BCUT2D eigenvalue weighted by molar-refractivity contribution is 5.19. The van der Waals surface area contributed by atoms with Crippen molar-refractivity contribution in [1.29, 1.82) is 0 Å². The van der Waals surface area contributed by atoms with Crippen molar-refractivity contribution in [2.24, 2.45) is 0 Å². The van der Waals surface area contributed by atoms with Crippen molar-refractivity contribution >= 4 is 0 Å². The smallest absolute Gasteiger partial charge is 0.0114 e. The summed E-state index contributed by atoms with van der Waals surface area (Å²) in [5.74, 6) is 0.648. The summed E-state index contributed by atoms with van der Waals surface area (Å²) >= 11 is 0. The van der Waals surface area contributed by atoms with Gasteiger partial charge in [-0.15, -0.1) is 0 Å². The van der Waals surface area contributed by atoms with E-state index >= 15 is 0 Å². The third-order valence-electron chi connectivity index (χ3n) is 5.42. The number of benzene rings is 1. The van der Waals surface area contributed by atoms with E-state index in [2.05, 4.69) is 54.4 Å². The molecule has 2 nitrogen and oxygen atoms in total. The quantitative estimate of drug-likeness (QED) is 0.856. The van der Waals surface area contributed by atoms with Gasteiger partial charge in [-0.25, -0.2) is 0 Å². The number of hydrogen-bond acceptors (Lipinski definition) is 2. The van der Waals surface area contributed by atoms with Crippen LogP contribution in [0.25, 0.3) is 0 Å². The molecular formula is C19H30N2. The molecule has 1 aromatic carbocycles. The molecule has 0 spiro atoms. The first-order valence-electron chi connectivity index (χ1n) is 8.82. The molecule has 0 aliphatic carbocycles. The second-order valence-electron chi connectivity index (χ2n) is 7.02. The maximum absolute atomic E-state index is 3.75. The van der Waals surface area contributed by atoms with Crippen molar-refractivity contribution in [3.63, 3.8) is 0 Å². The van der Waals surface area contributed by atoms with E-state index in [9.17, 15) is 0 Å². The second kappa shape index (κ2) is 6.93. The third kappa shape index (κ3) is 3.49. The average Bonchev–Trinajstić information content (AvgIpc) is 2.75. The molecule has 0 aromatic heterocycles. The van der Waals surface area contributed by atoms with Crippen LogP contribution in [0.5, 0.6) is 0 Å². The number of fused-ring (bicyclic) bond motifs is 2. The molecule has 0 saturated carbocycles. The Kier molecular flexibility index (Phi) is 4.97. The van der Waals surface area contributed by atoms with Crippen LogP contribution in [0.4, 0.5) is 0 Å². The van der Waals surface area contributed by atoms with E-state index < -0.39 is 0 Å². The average molecular weight is 286 g/mol. The van der Waals surface area contributed by atoms with Crippen molar-refractivity contribution in [3.05, 3.63) is 35.9 Å². The van der Waals surface area contributed by atoms with Gasteiger partial charge in [0.2, 0.25) is 0 Å². The maximum Gasteiger partial charge on any atom is 0.0114 e. The van der Waals surface area contributed by atoms with Crippen molar-refractivity contribution < 1.29 is 0 Å². The van der Waals surface area contributed by atoms with Gasteiger partial charge in [0, 0.05) is 24.7 Å². The molecule has 2 heteroatoms. The van der Waals surface area contributed by atoms with E-state index in [1.807, 2.05) is 0 Å². The summed E-state index contributed by atoms with van der Waals surface area (Å²) in [6.45, 7) is 7.07. The minimum atomic E-state index is 0.648. The van der Waals surface area contributed by atoms with Crippen LogP contribution in [0, 0.1) is 0 Å². The van der Waals surface area contributed by atoms with Crippen molar-refractivity contribution in [3.8, 4) is 0 Å². The number of rotatable bonds is 6. The molecule has 1 N–H and O–H groups in total. The molecule has 3 rings (SSSR count). The molecule has 116 valence electrons. The lowest BCUT2D eigenvalue weighted by molar-refractivity contribution is 0.111. The highest BCUT2D eigenvalue weighted by Crippen LogP contribution is 2.37. The molecule has 2 saturated heterocycles. The first-order chi connectivity index (χ1) is 10.3. The topological polar surface area (TPSA) is 15.3 Å². The van der Waals surface area contributed by atoms with Crippen LogP contribution in [-0.2, 0) is 0 Å². The third-order valence-corrected chi connectivity index (χ3v) is 5.42. The molecule has 2 aliphatic rings. The zero-order chi connectivity index (χ0) is 14.7. The van der Waals surface area contributed by atoms with Gasteiger partial charge in [0.1, 0.15) is 0 Å². The monoisotopic (exact) mass is 286 g/mol. The Hall–Kier alpha value is -0.860. The van der Waals surface area contributed by atoms with Crippen LogP contribution < -0.4 is 5.32 Å². The highest BCUT2D eigenvalue weighted by Gasteiger charge is 2.40. The maximum atomic E-state index is 3.75. The van der Waals surface area contributed by atoms with Crippen molar-refractivity contribution in [2.75, 3.05) is 13.1 Å². The van der Waals surface area contributed by atoms with E-state index in [1.54, 1.807) is 0 Å². The van der Waals surface area contributed by atoms with Crippen LogP contribution in [0.1, 0.15) is 57.4 Å². The number of nitrogens with zero attached hydrogens (tertiary/aromatic N) is 1. The van der Waals surface area contributed by atoms with Crippen LogP contribution in [0.15, 0.2) is 30.3 Å². The molecule has 21 heavy (non-hydrogen) atoms. The van der Waals surface area contributed by atoms with Crippen molar-refractivity contribution in [1.82, 2.24) is 10.2 Å². The standard InChI is InChI=1S/C19H30N2/c1-3-11-20-17-12-18-9-10-19(13-17)21(18)14-15(2)16-7-5-4-6-8-16/h4-8,15,17-20H,3,9-14H2,1-2H3. The zero-order valence-electron chi connectivity index (χ0n) is 13.6. The predicted molar refractivity (Wildman–Crippen MR) is 89.7 cm³/mol. The summed E-state index contributed by atoms with van der Waals surface area (Å²) in [5, 5.41) is 3.75. The normalized spacial score (nSPS) is 30.5. The fourth-order valence-corrected chi connectivity index (χ4v) is 4.29. The van der Waals surface area contributed by atoms with Gasteiger partial charge in [-0.2, -0.15) is 0 Å². The molecule has 2 heterocycles. The molecule has 2 bridgehead atoms. The molecule has 0 amide bonds. The summed E-state index contributed by atoms with van der Waals surface area (Å²) in [5.41, 5.74) is 1.49. The number of nitrogens with one attached hydrogen (secondary N) is 1. The fourth-order valence-electron chi connectivity index (χ4n) is 4.29. The van der Waals surface area contributed by atoms with Crippen LogP contribution >= 0.6 is 0 Å². The van der Waals surface area contributed by atoms with Gasteiger partial charge in [0.05, 0.1) is 0 Å². The van der Waals surface area contributed by atoms with E-state index in [4.69, 9.17) is 0 Å². The predicted octanol–water partition coefficient (Wildman–Crippen LogP) is 3.79. The van der Waals surface area contributed by atoms with Gasteiger partial charge >= 0.3 is 0 Å². The number of hydrogen-bond donors (Lipinski definition) is 1. The summed E-state index contributed by atoms with van der Waals surface area (Å²) in [6, 6.07) is 13.4. The van der Waals surface area contributed by atoms with Crippen LogP contribution in [0.2, 0.25) is 0 Å². The van der Waals surface area contributed by atoms with E-state index in [-0.39, 0.29) is 0 Å². The Morgan fingerprint density at radius 1 is 1.14 bits per heavy atom. The minimum absolute atomic E-state index is 0.648. The Labute approximate surface area is 129 Å². The summed E-state index contributed by atoms with van der Waals surface area (Å²) in [4.78, 5) is 2.82. The molecule has 2 aliphatic heterocycles. The first kappa shape index (κ1) is 15.1. The van der Waals surface area contributed by atoms with Crippen LogP contribution in [-0.4, -0.2) is 36.1 Å². The number of piperidine rings is 1. The molecule has 3 unspecified atom stereocenters. The zero-order valence-corrected chi connectivity index (χ0v) is 13.6. The summed E-state index contributed by atoms with van der Waals surface area (Å²) in [7, 11) is 0. The van der Waals surface area contributed by atoms with E-state index in [0.29, 0.717) is 5.92 Å². The molecule has 2 fully saturated rings.